The van der Waals surface area contributed by atoms with E-state index >= 15 is 0 Å². The molecule has 2 N–H and O–H groups in total. The first-order valence-corrected chi connectivity index (χ1v) is 7.60. The summed E-state index contributed by atoms with van der Waals surface area (Å²) >= 11 is 6.13. The van der Waals surface area contributed by atoms with Gasteiger partial charge in [-0.3, -0.25) is 9.78 Å². The molecule has 1 aliphatic heterocycles. The third-order valence-electron chi connectivity index (χ3n) is 3.92. The molecule has 0 spiro atoms. The fraction of sp³-hybridized carbons (Fsp3) is 0.375. The zero-order valence-electron chi connectivity index (χ0n) is 11.9. The van der Waals surface area contributed by atoms with Crippen molar-refractivity contribution in [1.29, 1.82) is 0 Å². The van der Waals surface area contributed by atoms with Gasteiger partial charge in [0.15, 0.2) is 0 Å². The van der Waals surface area contributed by atoms with E-state index in [-0.39, 0.29) is 11.8 Å². The van der Waals surface area contributed by atoms with Gasteiger partial charge in [0, 0.05) is 28.6 Å². The van der Waals surface area contributed by atoms with Gasteiger partial charge in [-0.1, -0.05) is 17.7 Å². The number of nitrogens with zero attached hydrogens (tertiary/aromatic N) is 1. The highest BCUT2D eigenvalue weighted by molar-refractivity contribution is 6.32. The molecule has 0 bridgehead atoms. The molecule has 0 radical (unpaired) electrons. The number of benzene rings is 1. The van der Waals surface area contributed by atoms with Crippen molar-refractivity contribution in [3.63, 3.8) is 0 Å². The lowest BCUT2D eigenvalue weighted by Crippen LogP contribution is -2.40. The summed E-state index contributed by atoms with van der Waals surface area (Å²) in [5.41, 5.74) is 1.46. The molecule has 1 saturated heterocycles. The summed E-state index contributed by atoms with van der Waals surface area (Å²) in [5, 5.41) is 7.89. The zero-order chi connectivity index (χ0) is 14.8. The Morgan fingerprint density at radius 1 is 1.48 bits per heavy atom. The summed E-state index contributed by atoms with van der Waals surface area (Å²) in [7, 11) is 0. The van der Waals surface area contributed by atoms with Crippen LogP contribution in [-0.4, -0.2) is 23.5 Å². The molecule has 110 valence electrons. The highest BCUT2D eigenvalue weighted by Crippen LogP contribution is 2.27. The zero-order valence-corrected chi connectivity index (χ0v) is 12.7. The van der Waals surface area contributed by atoms with E-state index in [1.165, 1.54) is 0 Å². The summed E-state index contributed by atoms with van der Waals surface area (Å²) in [6, 6.07) is 7.80. The summed E-state index contributed by atoms with van der Waals surface area (Å²) in [6.45, 7) is 2.99. The van der Waals surface area contributed by atoms with E-state index in [0.717, 1.165) is 30.3 Å². The van der Waals surface area contributed by atoms with E-state index in [1.54, 1.807) is 12.3 Å². The molecule has 4 nitrogen and oxygen atoms in total. The van der Waals surface area contributed by atoms with Crippen molar-refractivity contribution in [2.45, 2.75) is 25.8 Å². The molecule has 1 aromatic carbocycles. The van der Waals surface area contributed by atoms with Gasteiger partial charge in [0.2, 0.25) is 5.91 Å². The summed E-state index contributed by atoms with van der Waals surface area (Å²) in [4.78, 5) is 16.8. The summed E-state index contributed by atoms with van der Waals surface area (Å²) in [6.07, 6.45) is 3.44. The first kappa shape index (κ1) is 14.3. The molecule has 3 rings (SSSR count). The van der Waals surface area contributed by atoms with Crippen LogP contribution in [0.3, 0.4) is 0 Å². The van der Waals surface area contributed by atoms with Crippen LogP contribution >= 0.6 is 11.6 Å². The molecule has 1 aliphatic rings. The normalized spacial score (nSPS) is 22.2. The Hall–Kier alpha value is -1.65. The number of carbonyl (C=O) groups excluding carboxylic acids is 1. The number of amides is 1. The maximum Gasteiger partial charge on any atom is 0.227 e. The minimum Gasteiger partial charge on any atom is -0.324 e. The van der Waals surface area contributed by atoms with Crippen LogP contribution in [0.1, 0.15) is 19.8 Å². The van der Waals surface area contributed by atoms with Gasteiger partial charge < -0.3 is 10.6 Å². The number of pyridine rings is 1. The highest BCUT2D eigenvalue weighted by atomic mass is 35.5. The molecule has 2 atom stereocenters. The molecule has 5 heteroatoms. The van der Waals surface area contributed by atoms with Gasteiger partial charge in [0.05, 0.1) is 11.2 Å². The number of rotatable bonds is 2. The number of aromatic nitrogens is 1. The topological polar surface area (TPSA) is 54.0 Å². The number of hydrogen-bond donors (Lipinski definition) is 2. The van der Waals surface area contributed by atoms with Gasteiger partial charge in [-0.2, -0.15) is 0 Å². The summed E-state index contributed by atoms with van der Waals surface area (Å²) in [5.74, 6) is 0.0940. The third kappa shape index (κ3) is 3.17. The fourth-order valence-corrected chi connectivity index (χ4v) is 3.08. The maximum absolute atomic E-state index is 12.5. The molecule has 2 aromatic rings. The Labute approximate surface area is 128 Å². The van der Waals surface area contributed by atoms with E-state index in [2.05, 4.69) is 22.5 Å². The van der Waals surface area contributed by atoms with Crippen molar-refractivity contribution in [2.24, 2.45) is 5.92 Å². The predicted molar refractivity (Wildman–Crippen MR) is 85.6 cm³/mol. The lowest BCUT2D eigenvalue weighted by Gasteiger charge is -2.27. The van der Waals surface area contributed by atoms with Gasteiger partial charge in [-0.25, -0.2) is 0 Å². The van der Waals surface area contributed by atoms with Crippen molar-refractivity contribution in [2.75, 3.05) is 11.9 Å². The quantitative estimate of drug-likeness (QED) is 0.895. The summed E-state index contributed by atoms with van der Waals surface area (Å²) < 4.78 is 0. The monoisotopic (exact) mass is 303 g/mol. The maximum atomic E-state index is 12.5. The second-order valence-corrected chi connectivity index (χ2v) is 6.03. The van der Waals surface area contributed by atoms with E-state index in [4.69, 9.17) is 11.6 Å². The minimum atomic E-state index is 0.0407. The van der Waals surface area contributed by atoms with Crippen molar-refractivity contribution in [3.05, 3.63) is 35.5 Å². The third-order valence-corrected chi connectivity index (χ3v) is 4.14. The van der Waals surface area contributed by atoms with Gasteiger partial charge in [-0.15, -0.1) is 0 Å². The average molecular weight is 304 g/mol. The highest BCUT2D eigenvalue weighted by Gasteiger charge is 2.25. The second-order valence-electron chi connectivity index (χ2n) is 5.59. The van der Waals surface area contributed by atoms with Gasteiger partial charge in [0.25, 0.3) is 0 Å². The first-order chi connectivity index (χ1) is 10.1. The largest absolute Gasteiger partial charge is 0.324 e. The second kappa shape index (κ2) is 6.00. The molecule has 2 unspecified atom stereocenters. The molecular formula is C16H18ClN3O. The number of anilines is 1. The van der Waals surface area contributed by atoms with Crippen LogP contribution < -0.4 is 10.6 Å². The number of carbonyl (C=O) groups is 1. The standard InChI is InChI=1S/C16H18ClN3O/c1-10-7-12(4-6-18-10)16(21)20-14-9-13(17)8-11-3-2-5-19-15(11)14/h2-3,5,8-10,12,18H,4,6-7H2,1H3,(H,20,21). The Bertz CT molecular complexity index is 674. The van der Waals surface area contributed by atoms with Crippen LogP contribution in [0.4, 0.5) is 5.69 Å². The SMILES string of the molecule is CC1CC(C(=O)Nc2cc(Cl)cc3cccnc23)CCN1. The molecule has 1 amide bonds. The number of piperidine rings is 1. The lowest BCUT2D eigenvalue weighted by molar-refractivity contribution is -0.120. The number of hydrogen-bond acceptors (Lipinski definition) is 3. The van der Waals surface area contributed by atoms with E-state index < -0.39 is 0 Å². The van der Waals surface area contributed by atoms with Crippen LogP contribution in [0.5, 0.6) is 0 Å². The van der Waals surface area contributed by atoms with Crippen molar-refractivity contribution < 1.29 is 4.79 Å². The molecule has 21 heavy (non-hydrogen) atoms. The van der Waals surface area contributed by atoms with Crippen molar-refractivity contribution in [3.8, 4) is 0 Å². The van der Waals surface area contributed by atoms with Crippen LogP contribution in [0.2, 0.25) is 5.02 Å². The predicted octanol–water partition coefficient (Wildman–Crippen LogP) is 3.21. The Balaban J connectivity index is 1.85. The molecule has 1 fully saturated rings. The van der Waals surface area contributed by atoms with Crippen LogP contribution in [0, 0.1) is 5.92 Å². The average Bonchev–Trinajstić information content (AvgIpc) is 2.47. The van der Waals surface area contributed by atoms with E-state index in [1.807, 2.05) is 18.2 Å². The Morgan fingerprint density at radius 3 is 3.14 bits per heavy atom. The molecule has 0 aliphatic carbocycles. The molecule has 1 aromatic heterocycles. The van der Waals surface area contributed by atoms with Crippen molar-refractivity contribution >= 4 is 34.1 Å². The Morgan fingerprint density at radius 2 is 2.33 bits per heavy atom. The van der Waals surface area contributed by atoms with Crippen molar-refractivity contribution in [1.82, 2.24) is 10.3 Å². The van der Waals surface area contributed by atoms with Gasteiger partial charge >= 0.3 is 0 Å². The van der Waals surface area contributed by atoms with Gasteiger partial charge in [0.1, 0.15) is 0 Å². The first-order valence-electron chi connectivity index (χ1n) is 7.22. The van der Waals surface area contributed by atoms with E-state index in [0.29, 0.717) is 16.8 Å². The van der Waals surface area contributed by atoms with Crippen LogP contribution in [-0.2, 0) is 4.79 Å². The minimum absolute atomic E-state index is 0.0407. The number of halogens is 1. The smallest absolute Gasteiger partial charge is 0.227 e. The Kier molecular flexibility index (Phi) is 4.08. The van der Waals surface area contributed by atoms with E-state index in [9.17, 15) is 4.79 Å². The van der Waals surface area contributed by atoms with Gasteiger partial charge in [-0.05, 0) is 44.5 Å². The number of fused-ring (bicyclic) bond motifs is 1. The molecular weight excluding hydrogens is 286 g/mol. The van der Waals surface area contributed by atoms with Crippen LogP contribution in [0.25, 0.3) is 10.9 Å². The lowest BCUT2D eigenvalue weighted by atomic mass is 9.92. The molecule has 0 saturated carbocycles. The number of nitrogens with one attached hydrogen (secondary N) is 2. The molecule has 2 heterocycles. The fourth-order valence-electron chi connectivity index (χ4n) is 2.86. The van der Waals surface area contributed by atoms with Crippen LogP contribution in [0.15, 0.2) is 30.5 Å².